The number of para-hydroxylation sites is 2. The van der Waals surface area contributed by atoms with Crippen molar-refractivity contribution >= 4 is 38.9 Å². The zero-order valence-electron chi connectivity index (χ0n) is 15.0. The number of hydrogen-bond donors (Lipinski definition) is 1. The fourth-order valence-electron chi connectivity index (χ4n) is 2.51. The van der Waals surface area contributed by atoms with E-state index in [1.807, 2.05) is 6.92 Å². The summed E-state index contributed by atoms with van der Waals surface area (Å²) in [5, 5.41) is 3.13. The average Bonchev–Trinajstić information content (AvgIpc) is 2.57. The van der Waals surface area contributed by atoms with Gasteiger partial charge in [0.1, 0.15) is 11.8 Å². The molecule has 0 saturated heterocycles. The minimum Gasteiger partial charge on any atom is -0.495 e. The Hall–Kier alpha value is -2.25. The van der Waals surface area contributed by atoms with Crippen LogP contribution in [0.15, 0.2) is 42.5 Å². The Bertz CT molecular complexity index is 915. The summed E-state index contributed by atoms with van der Waals surface area (Å²) in [6.07, 6.45) is 1.05. The van der Waals surface area contributed by atoms with Crippen LogP contribution in [0.2, 0.25) is 5.02 Å². The van der Waals surface area contributed by atoms with Gasteiger partial charge < -0.3 is 10.1 Å². The first-order valence-electron chi connectivity index (χ1n) is 7.84. The number of ether oxygens (including phenoxy) is 1. The lowest BCUT2D eigenvalue weighted by Gasteiger charge is -2.28. The molecule has 0 aliphatic carbocycles. The molecule has 2 aromatic rings. The quantitative estimate of drug-likeness (QED) is 0.811. The number of amides is 1. The maximum atomic E-state index is 12.7. The first kappa shape index (κ1) is 20.1. The van der Waals surface area contributed by atoms with Gasteiger partial charge in [-0.25, -0.2) is 8.42 Å². The number of carbonyl (C=O) groups excluding carboxylic acids is 1. The average molecular weight is 397 g/mol. The summed E-state index contributed by atoms with van der Waals surface area (Å²) in [4.78, 5) is 12.7. The molecule has 0 saturated carbocycles. The second-order valence-electron chi connectivity index (χ2n) is 5.86. The van der Waals surface area contributed by atoms with Gasteiger partial charge in [-0.1, -0.05) is 29.8 Å². The number of carbonyl (C=O) groups is 1. The van der Waals surface area contributed by atoms with Crippen molar-refractivity contribution < 1.29 is 17.9 Å². The smallest absolute Gasteiger partial charge is 0.248 e. The molecule has 1 amide bonds. The number of rotatable bonds is 6. The molecule has 0 aliphatic rings. The van der Waals surface area contributed by atoms with Crippen LogP contribution in [0, 0.1) is 6.92 Å². The number of anilines is 2. The van der Waals surface area contributed by atoms with Crippen molar-refractivity contribution in [3.63, 3.8) is 0 Å². The lowest BCUT2D eigenvalue weighted by Crippen LogP contribution is -2.45. The van der Waals surface area contributed by atoms with Gasteiger partial charge >= 0.3 is 0 Å². The van der Waals surface area contributed by atoms with Gasteiger partial charge in [-0.05, 0) is 43.7 Å². The molecule has 0 fully saturated rings. The maximum absolute atomic E-state index is 12.7. The van der Waals surface area contributed by atoms with Crippen LogP contribution in [0.5, 0.6) is 5.75 Å². The highest BCUT2D eigenvalue weighted by Gasteiger charge is 2.29. The van der Waals surface area contributed by atoms with Gasteiger partial charge in [0.25, 0.3) is 0 Å². The van der Waals surface area contributed by atoms with E-state index in [9.17, 15) is 13.2 Å². The maximum Gasteiger partial charge on any atom is 0.248 e. The number of hydrogen-bond acceptors (Lipinski definition) is 4. The molecule has 0 bridgehead atoms. The van der Waals surface area contributed by atoms with Gasteiger partial charge in [0, 0.05) is 5.02 Å². The predicted octanol–water partition coefficient (Wildman–Crippen LogP) is 3.45. The number of methoxy groups -OCH3 is 1. The van der Waals surface area contributed by atoms with Crippen LogP contribution in [0.3, 0.4) is 0 Å². The highest BCUT2D eigenvalue weighted by Crippen LogP contribution is 2.28. The molecule has 0 unspecified atom stereocenters. The molecule has 0 radical (unpaired) electrons. The molecule has 2 aromatic carbocycles. The number of sulfonamides is 1. The summed E-state index contributed by atoms with van der Waals surface area (Å²) in [5.41, 5.74) is 1.60. The molecule has 2 rings (SSSR count). The standard InChI is InChI=1S/C18H21ClN2O4S/c1-12-9-10-14(11-15(12)19)21(26(4,23)24)13(2)18(22)20-16-7-5-6-8-17(16)25-3/h5-11,13H,1-4H3,(H,20,22)/t13-/m1/s1. The van der Waals surface area contributed by atoms with Gasteiger partial charge in [-0.2, -0.15) is 0 Å². The van der Waals surface area contributed by atoms with Crippen molar-refractivity contribution in [1.29, 1.82) is 0 Å². The Balaban J connectivity index is 2.36. The van der Waals surface area contributed by atoms with Crippen LogP contribution in [0.25, 0.3) is 0 Å². The van der Waals surface area contributed by atoms with Crippen molar-refractivity contribution in [3.05, 3.63) is 53.1 Å². The normalized spacial score (nSPS) is 12.3. The van der Waals surface area contributed by atoms with E-state index in [1.54, 1.807) is 36.4 Å². The number of nitrogens with one attached hydrogen (secondary N) is 1. The Morgan fingerprint density at radius 2 is 1.88 bits per heavy atom. The van der Waals surface area contributed by atoms with E-state index in [0.717, 1.165) is 16.1 Å². The third-order valence-electron chi connectivity index (χ3n) is 3.86. The Morgan fingerprint density at radius 1 is 1.23 bits per heavy atom. The predicted molar refractivity (Wildman–Crippen MR) is 105 cm³/mol. The van der Waals surface area contributed by atoms with Crippen LogP contribution in [0.1, 0.15) is 12.5 Å². The second-order valence-corrected chi connectivity index (χ2v) is 8.12. The van der Waals surface area contributed by atoms with Crippen molar-refractivity contribution in [3.8, 4) is 5.75 Å². The van der Waals surface area contributed by atoms with Gasteiger partial charge in [0.15, 0.2) is 0 Å². The molecule has 140 valence electrons. The molecular weight excluding hydrogens is 376 g/mol. The van der Waals surface area contributed by atoms with E-state index < -0.39 is 22.0 Å². The minimum atomic E-state index is -3.72. The van der Waals surface area contributed by atoms with Crippen molar-refractivity contribution in [2.24, 2.45) is 0 Å². The van der Waals surface area contributed by atoms with Crippen LogP contribution in [-0.4, -0.2) is 33.7 Å². The van der Waals surface area contributed by atoms with E-state index in [4.69, 9.17) is 16.3 Å². The molecule has 8 heteroatoms. The first-order valence-corrected chi connectivity index (χ1v) is 10.1. The number of halogens is 1. The monoisotopic (exact) mass is 396 g/mol. The first-order chi connectivity index (χ1) is 12.1. The Morgan fingerprint density at radius 3 is 2.46 bits per heavy atom. The van der Waals surface area contributed by atoms with Crippen LogP contribution in [0.4, 0.5) is 11.4 Å². The van der Waals surface area contributed by atoms with Gasteiger partial charge in [-0.15, -0.1) is 0 Å². The summed E-state index contributed by atoms with van der Waals surface area (Å²) in [5.74, 6) is -0.00559. The largest absolute Gasteiger partial charge is 0.495 e. The van der Waals surface area contributed by atoms with Gasteiger partial charge in [0.2, 0.25) is 15.9 Å². The second kappa shape index (κ2) is 7.97. The Labute approximate surface area is 158 Å². The van der Waals surface area contributed by atoms with E-state index in [0.29, 0.717) is 22.1 Å². The zero-order chi connectivity index (χ0) is 19.5. The molecule has 0 heterocycles. The lowest BCUT2D eigenvalue weighted by atomic mass is 10.2. The third kappa shape index (κ3) is 4.47. The van der Waals surface area contributed by atoms with Crippen LogP contribution in [-0.2, 0) is 14.8 Å². The molecule has 26 heavy (non-hydrogen) atoms. The molecule has 6 nitrogen and oxygen atoms in total. The van der Waals surface area contributed by atoms with Gasteiger partial charge in [-0.3, -0.25) is 9.10 Å². The number of aryl methyl sites for hydroxylation is 1. The van der Waals surface area contributed by atoms with E-state index in [2.05, 4.69) is 5.32 Å². The highest BCUT2D eigenvalue weighted by atomic mass is 35.5. The fourth-order valence-corrected chi connectivity index (χ4v) is 3.85. The summed E-state index contributed by atoms with van der Waals surface area (Å²) < 4.78 is 30.9. The summed E-state index contributed by atoms with van der Waals surface area (Å²) >= 11 is 6.12. The van der Waals surface area contributed by atoms with Crippen LogP contribution < -0.4 is 14.4 Å². The van der Waals surface area contributed by atoms with Crippen LogP contribution >= 0.6 is 11.6 Å². The van der Waals surface area contributed by atoms with Crippen molar-refractivity contribution in [2.45, 2.75) is 19.9 Å². The van der Waals surface area contributed by atoms with Crippen molar-refractivity contribution in [1.82, 2.24) is 0 Å². The molecule has 1 atom stereocenters. The van der Waals surface area contributed by atoms with E-state index in [-0.39, 0.29) is 0 Å². The molecule has 0 spiro atoms. The lowest BCUT2D eigenvalue weighted by molar-refractivity contribution is -0.116. The van der Waals surface area contributed by atoms with E-state index >= 15 is 0 Å². The molecular formula is C18H21ClN2O4S. The molecule has 0 aliphatic heterocycles. The molecule has 0 aromatic heterocycles. The number of benzene rings is 2. The highest BCUT2D eigenvalue weighted by molar-refractivity contribution is 7.92. The third-order valence-corrected chi connectivity index (χ3v) is 5.51. The zero-order valence-corrected chi connectivity index (χ0v) is 16.6. The fraction of sp³-hybridized carbons (Fsp3) is 0.278. The summed E-state index contributed by atoms with van der Waals surface area (Å²) in [7, 11) is -2.23. The minimum absolute atomic E-state index is 0.325. The topological polar surface area (TPSA) is 75.7 Å². The van der Waals surface area contributed by atoms with Gasteiger partial charge in [0.05, 0.1) is 24.7 Å². The molecule has 1 N–H and O–H groups in total. The summed E-state index contributed by atoms with van der Waals surface area (Å²) in [6.45, 7) is 3.33. The SMILES string of the molecule is COc1ccccc1NC(=O)[C@@H](C)N(c1ccc(C)c(Cl)c1)S(C)(=O)=O. The Kier molecular flexibility index (Phi) is 6.15. The van der Waals surface area contributed by atoms with Crippen molar-refractivity contribution in [2.75, 3.05) is 23.0 Å². The van der Waals surface area contributed by atoms with E-state index in [1.165, 1.54) is 20.1 Å². The summed E-state index contributed by atoms with van der Waals surface area (Å²) in [6, 6.07) is 10.8. The number of nitrogens with zero attached hydrogens (tertiary/aromatic N) is 1.